The van der Waals surface area contributed by atoms with Gasteiger partial charge in [-0.3, -0.25) is 10.1 Å². The number of carbonyl (C=O) groups excluding carboxylic acids is 3. The van der Waals surface area contributed by atoms with Crippen molar-refractivity contribution >= 4 is 27.9 Å². The van der Waals surface area contributed by atoms with Gasteiger partial charge in [0.05, 0.1) is 10.5 Å². The Kier molecular flexibility index (Phi) is 7.39. The summed E-state index contributed by atoms with van der Waals surface area (Å²) in [5.41, 5.74) is 2.04. The fraction of sp³-hybridized carbons (Fsp3) is 0.227. The number of rotatable bonds is 7. The Morgan fingerprint density at radius 3 is 2.59 bits per heavy atom. The van der Waals surface area contributed by atoms with Crippen molar-refractivity contribution in [2.24, 2.45) is 0 Å². The number of fused-ring (bicyclic) bond motifs is 1. The zero-order valence-corrected chi connectivity index (χ0v) is 18.1. The van der Waals surface area contributed by atoms with Gasteiger partial charge in [0.15, 0.2) is 6.61 Å². The van der Waals surface area contributed by atoms with E-state index < -0.39 is 34.5 Å². The summed E-state index contributed by atoms with van der Waals surface area (Å²) < 4.78 is 32.5. The first kappa shape index (κ1) is 23.2. The van der Waals surface area contributed by atoms with Crippen LogP contribution in [0.2, 0.25) is 0 Å². The summed E-state index contributed by atoms with van der Waals surface area (Å²) in [5, 5.41) is 4.34. The molecule has 1 aliphatic heterocycles. The monoisotopic (exact) mass is 457 g/mol. The lowest BCUT2D eigenvalue weighted by Gasteiger charge is -2.28. The molecular weight excluding hydrogens is 434 g/mol. The third kappa shape index (κ3) is 5.59. The van der Waals surface area contributed by atoms with Crippen LogP contribution < -0.4 is 10.6 Å². The van der Waals surface area contributed by atoms with Crippen molar-refractivity contribution in [1.29, 1.82) is 0 Å². The highest BCUT2D eigenvalue weighted by Gasteiger charge is 2.28. The van der Waals surface area contributed by atoms with Crippen LogP contribution in [0.25, 0.3) is 0 Å². The molecule has 9 nitrogen and oxygen atoms in total. The van der Waals surface area contributed by atoms with Gasteiger partial charge in [-0.1, -0.05) is 36.4 Å². The topological polar surface area (TPSA) is 122 Å². The quantitative estimate of drug-likeness (QED) is 0.481. The minimum Gasteiger partial charge on any atom is -0.452 e. The van der Waals surface area contributed by atoms with Crippen LogP contribution in [-0.4, -0.2) is 50.3 Å². The Bertz CT molecular complexity index is 1150. The van der Waals surface area contributed by atoms with Gasteiger partial charge in [-0.15, -0.1) is 6.58 Å². The maximum Gasteiger partial charge on any atom is 0.338 e. The minimum atomic E-state index is -3.83. The molecule has 0 unspecified atom stereocenters. The van der Waals surface area contributed by atoms with Crippen molar-refractivity contribution in [3.05, 3.63) is 77.9 Å². The fourth-order valence-electron chi connectivity index (χ4n) is 3.19. The third-order valence-corrected chi connectivity index (χ3v) is 6.64. The molecule has 2 aromatic rings. The number of ether oxygens (including phenoxy) is 1. The molecule has 1 aliphatic rings. The normalized spacial score (nSPS) is 13.5. The van der Waals surface area contributed by atoms with Gasteiger partial charge in [0.25, 0.3) is 5.91 Å². The van der Waals surface area contributed by atoms with Crippen LogP contribution in [-0.2, 0) is 32.5 Å². The van der Waals surface area contributed by atoms with E-state index in [-0.39, 0.29) is 23.5 Å². The highest BCUT2D eigenvalue weighted by molar-refractivity contribution is 7.89. The molecule has 3 rings (SSSR count). The first-order chi connectivity index (χ1) is 15.3. The molecule has 32 heavy (non-hydrogen) atoms. The molecule has 0 atom stereocenters. The SMILES string of the molecule is C=CCNC(=O)NC(=O)COC(=O)c1cccc(S(=O)(=O)N2CCc3ccccc3C2)c1. The largest absolute Gasteiger partial charge is 0.452 e. The van der Waals surface area contributed by atoms with Gasteiger partial charge < -0.3 is 10.1 Å². The number of esters is 1. The lowest BCUT2D eigenvalue weighted by molar-refractivity contribution is -0.123. The second-order valence-corrected chi connectivity index (χ2v) is 8.95. The number of urea groups is 1. The number of carbonyl (C=O) groups is 3. The Balaban J connectivity index is 1.64. The van der Waals surface area contributed by atoms with Crippen LogP contribution in [0.15, 0.2) is 66.1 Å². The van der Waals surface area contributed by atoms with Gasteiger partial charge in [0, 0.05) is 19.6 Å². The first-order valence-electron chi connectivity index (χ1n) is 9.84. The molecule has 1 heterocycles. The van der Waals surface area contributed by atoms with E-state index in [1.807, 2.05) is 29.6 Å². The van der Waals surface area contributed by atoms with Crippen molar-refractivity contribution in [2.75, 3.05) is 19.7 Å². The molecule has 3 amide bonds. The van der Waals surface area contributed by atoms with Gasteiger partial charge in [0.2, 0.25) is 10.0 Å². The van der Waals surface area contributed by atoms with E-state index in [1.54, 1.807) is 0 Å². The van der Waals surface area contributed by atoms with Gasteiger partial charge in [0.1, 0.15) is 0 Å². The van der Waals surface area contributed by atoms with Crippen molar-refractivity contribution in [2.45, 2.75) is 17.9 Å². The zero-order chi connectivity index (χ0) is 23.1. The van der Waals surface area contributed by atoms with E-state index in [2.05, 4.69) is 11.9 Å². The number of hydrogen-bond donors (Lipinski definition) is 2. The second kappa shape index (κ2) is 10.2. The number of nitrogens with zero attached hydrogens (tertiary/aromatic N) is 1. The van der Waals surface area contributed by atoms with Crippen LogP contribution in [0.3, 0.4) is 0 Å². The van der Waals surface area contributed by atoms with E-state index in [0.29, 0.717) is 13.0 Å². The van der Waals surface area contributed by atoms with Crippen molar-refractivity contribution in [1.82, 2.24) is 14.9 Å². The van der Waals surface area contributed by atoms with Crippen LogP contribution in [0.5, 0.6) is 0 Å². The van der Waals surface area contributed by atoms with Crippen LogP contribution in [0, 0.1) is 0 Å². The van der Waals surface area contributed by atoms with Crippen molar-refractivity contribution in [3.63, 3.8) is 0 Å². The summed E-state index contributed by atoms with van der Waals surface area (Å²) in [4.78, 5) is 35.4. The number of benzene rings is 2. The standard InChI is InChI=1S/C22H23N3O6S/c1-2-11-23-22(28)24-20(26)15-31-21(27)17-8-5-9-19(13-17)32(29,30)25-12-10-16-6-3-4-7-18(16)14-25/h2-9,13H,1,10-12,14-15H2,(H2,23,24,26,28). The molecule has 0 bridgehead atoms. The molecule has 0 radical (unpaired) electrons. The zero-order valence-electron chi connectivity index (χ0n) is 17.2. The molecule has 10 heteroatoms. The molecule has 0 saturated carbocycles. The van der Waals surface area contributed by atoms with Gasteiger partial charge in [-0.2, -0.15) is 4.31 Å². The number of nitrogens with one attached hydrogen (secondary N) is 2. The van der Waals surface area contributed by atoms with Gasteiger partial charge in [-0.05, 0) is 35.7 Å². The minimum absolute atomic E-state index is 0.0209. The Morgan fingerprint density at radius 1 is 1.09 bits per heavy atom. The van der Waals surface area contributed by atoms with Crippen molar-refractivity contribution < 1.29 is 27.5 Å². The average Bonchev–Trinajstić information content (AvgIpc) is 2.80. The molecule has 0 saturated heterocycles. The molecule has 168 valence electrons. The summed E-state index contributed by atoms with van der Waals surface area (Å²) in [7, 11) is -3.83. The summed E-state index contributed by atoms with van der Waals surface area (Å²) in [6.45, 7) is 3.49. The number of hydrogen-bond acceptors (Lipinski definition) is 6. The van der Waals surface area contributed by atoms with Gasteiger partial charge >= 0.3 is 12.0 Å². The lowest BCUT2D eigenvalue weighted by atomic mass is 10.0. The van der Waals surface area contributed by atoms with Crippen molar-refractivity contribution in [3.8, 4) is 0 Å². The Hall–Kier alpha value is -3.50. The number of amides is 3. The smallest absolute Gasteiger partial charge is 0.338 e. The van der Waals surface area contributed by atoms with E-state index in [9.17, 15) is 22.8 Å². The molecule has 0 aliphatic carbocycles. The van der Waals surface area contributed by atoms with E-state index in [0.717, 1.165) is 11.1 Å². The van der Waals surface area contributed by atoms with E-state index in [1.165, 1.54) is 34.6 Å². The lowest BCUT2D eigenvalue weighted by Crippen LogP contribution is -2.41. The molecule has 0 aromatic heterocycles. The summed E-state index contributed by atoms with van der Waals surface area (Å²) >= 11 is 0. The Labute approximate surface area is 186 Å². The Morgan fingerprint density at radius 2 is 1.84 bits per heavy atom. The molecular formula is C22H23N3O6S. The van der Waals surface area contributed by atoms with Crippen LogP contribution in [0.4, 0.5) is 4.79 Å². The molecule has 0 spiro atoms. The van der Waals surface area contributed by atoms with Crippen LogP contribution in [0.1, 0.15) is 21.5 Å². The van der Waals surface area contributed by atoms with Gasteiger partial charge in [-0.25, -0.2) is 18.0 Å². The summed E-state index contributed by atoms with van der Waals surface area (Å²) in [5.74, 6) is -1.71. The first-order valence-corrected chi connectivity index (χ1v) is 11.3. The maximum atomic E-state index is 13.1. The maximum absolute atomic E-state index is 13.1. The predicted octanol–water partition coefficient (Wildman–Crippen LogP) is 1.60. The molecule has 2 aromatic carbocycles. The highest BCUT2D eigenvalue weighted by Crippen LogP contribution is 2.25. The molecule has 0 fully saturated rings. The molecule has 2 N–H and O–H groups in total. The fourth-order valence-corrected chi connectivity index (χ4v) is 4.66. The summed E-state index contributed by atoms with van der Waals surface area (Å²) in [6, 6.07) is 12.4. The average molecular weight is 458 g/mol. The highest BCUT2D eigenvalue weighted by atomic mass is 32.2. The van der Waals surface area contributed by atoms with E-state index in [4.69, 9.17) is 4.74 Å². The number of sulfonamides is 1. The predicted molar refractivity (Wildman–Crippen MR) is 116 cm³/mol. The van der Waals surface area contributed by atoms with E-state index >= 15 is 0 Å². The van der Waals surface area contributed by atoms with Crippen LogP contribution >= 0.6 is 0 Å². The third-order valence-electron chi connectivity index (χ3n) is 4.80. The number of imide groups is 1. The summed E-state index contributed by atoms with van der Waals surface area (Å²) in [6.07, 6.45) is 2.04. The second-order valence-electron chi connectivity index (χ2n) is 7.01.